The van der Waals surface area contributed by atoms with E-state index >= 15 is 0 Å². The van der Waals surface area contributed by atoms with Gasteiger partial charge < -0.3 is 14.9 Å². The van der Waals surface area contributed by atoms with Gasteiger partial charge in [-0.05, 0) is 24.6 Å². The van der Waals surface area contributed by atoms with Crippen LogP contribution in [-0.4, -0.2) is 26.0 Å². The highest BCUT2D eigenvalue weighted by Crippen LogP contribution is 2.21. The van der Waals surface area contributed by atoms with Gasteiger partial charge in [0.2, 0.25) is 0 Å². The molecular weight excluding hydrogens is 256 g/mol. The smallest absolute Gasteiger partial charge is 0.410 e. The summed E-state index contributed by atoms with van der Waals surface area (Å²) >= 11 is 5.87. The highest BCUT2D eigenvalue weighted by atomic mass is 35.5. The number of ether oxygens (including phenoxy) is 1. The summed E-state index contributed by atoms with van der Waals surface area (Å²) in [6, 6.07) is 4.86. The molecule has 0 aromatic heterocycles. The van der Waals surface area contributed by atoms with Gasteiger partial charge in [0.1, 0.15) is 12.4 Å². The van der Waals surface area contributed by atoms with Crippen LogP contribution < -0.4 is 10.1 Å². The molecule has 1 aromatic rings. The molecule has 0 aliphatic heterocycles. The van der Waals surface area contributed by atoms with Crippen LogP contribution >= 0.6 is 11.6 Å². The van der Waals surface area contributed by atoms with Crippen LogP contribution in [0.4, 0.5) is 4.79 Å². The molecule has 0 spiro atoms. The molecule has 0 heterocycles. The monoisotopic (exact) mass is 270 g/mol. The van der Waals surface area contributed by atoms with Gasteiger partial charge in [-0.15, -0.1) is 0 Å². The van der Waals surface area contributed by atoms with Gasteiger partial charge in [-0.1, -0.05) is 23.7 Å². The third-order valence-electron chi connectivity index (χ3n) is 1.94. The largest absolute Gasteiger partial charge is 0.412 e. The minimum Gasteiger partial charge on any atom is -0.410 e. The van der Waals surface area contributed by atoms with Crippen molar-refractivity contribution in [2.24, 2.45) is 5.16 Å². The second-order valence-electron chi connectivity index (χ2n) is 3.39. The van der Waals surface area contributed by atoms with E-state index in [9.17, 15) is 4.79 Å². The Labute approximate surface area is 111 Å². The molecule has 1 amide bonds. The quantitative estimate of drug-likeness (QED) is 0.508. The van der Waals surface area contributed by atoms with Crippen molar-refractivity contribution in [1.29, 1.82) is 0 Å². The van der Waals surface area contributed by atoms with Crippen molar-refractivity contribution < 1.29 is 14.4 Å². The zero-order valence-corrected chi connectivity index (χ0v) is 11.0. The van der Waals surface area contributed by atoms with Crippen molar-refractivity contribution in [3.8, 4) is 5.75 Å². The number of nitrogens with zero attached hydrogens (tertiary/aromatic N) is 1. The van der Waals surface area contributed by atoms with Crippen LogP contribution in [0, 0.1) is 0 Å². The lowest BCUT2D eigenvalue weighted by atomic mass is 10.2. The van der Waals surface area contributed by atoms with Gasteiger partial charge in [-0.3, -0.25) is 0 Å². The van der Waals surface area contributed by atoms with E-state index in [1.54, 1.807) is 18.2 Å². The predicted molar refractivity (Wildman–Crippen MR) is 70.4 cm³/mol. The van der Waals surface area contributed by atoms with Crippen molar-refractivity contribution >= 4 is 23.9 Å². The Morgan fingerprint density at radius 3 is 3.00 bits per heavy atom. The normalized spacial score (nSPS) is 10.4. The van der Waals surface area contributed by atoms with E-state index in [-0.39, 0.29) is 0 Å². The molecule has 98 valence electrons. The van der Waals surface area contributed by atoms with E-state index in [0.29, 0.717) is 22.9 Å². The summed E-state index contributed by atoms with van der Waals surface area (Å²) in [5.41, 5.74) is 0.571. The summed E-state index contributed by atoms with van der Waals surface area (Å²) in [6.07, 6.45) is 1.77. The van der Waals surface area contributed by atoms with E-state index in [0.717, 1.165) is 6.42 Å². The summed E-state index contributed by atoms with van der Waals surface area (Å²) in [4.78, 5) is 16.1. The lowest BCUT2D eigenvalue weighted by Gasteiger charge is -2.06. The Morgan fingerprint density at radius 2 is 2.33 bits per heavy atom. The number of nitrogens with one attached hydrogen (secondary N) is 1. The van der Waals surface area contributed by atoms with Gasteiger partial charge in [-0.2, -0.15) is 0 Å². The first kappa shape index (κ1) is 14.3. The molecule has 0 fully saturated rings. The van der Waals surface area contributed by atoms with Crippen LogP contribution in [0.3, 0.4) is 0 Å². The molecule has 1 aromatic carbocycles. The summed E-state index contributed by atoms with van der Waals surface area (Å²) < 4.78 is 5.05. The first-order valence-corrected chi connectivity index (χ1v) is 5.89. The molecule has 5 nitrogen and oxygen atoms in total. The number of rotatable bonds is 5. The number of oxime groups is 1. The summed E-state index contributed by atoms with van der Waals surface area (Å²) in [7, 11) is 1.48. The lowest BCUT2D eigenvalue weighted by Crippen LogP contribution is -2.22. The second-order valence-corrected chi connectivity index (χ2v) is 3.83. The standard InChI is InChI=1S/C12H15ClN2O3/c1-3-6-17-15-8-9-7-10(13)4-5-11(9)18-12(16)14-2/h4-5,7-8H,3,6H2,1-2H3,(H,14,16)/b15-8+. The molecule has 0 aliphatic rings. The zero-order valence-electron chi connectivity index (χ0n) is 10.3. The van der Waals surface area contributed by atoms with Crippen LogP contribution in [0.1, 0.15) is 18.9 Å². The molecule has 6 heteroatoms. The molecule has 0 radical (unpaired) electrons. The number of carbonyl (C=O) groups excluding carboxylic acids is 1. The SMILES string of the molecule is CCCO/N=C/c1cc(Cl)ccc1OC(=O)NC. The summed E-state index contributed by atoms with van der Waals surface area (Å²) in [6.45, 7) is 2.51. The fourth-order valence-electron chi connectivity index (χ4n) is 1.10. The maximum absolute atomic E-state index is 11.2. The van der Waals surface area contributed by atoms with E-state index in [4.69, 9.17) is 21.2 Å². The molecule has 0 saturated carbocycles. The molecule has 0 bridgehead atoms. The fourth-order valence-corrected chi connectivity index (χ4v) is 1.28. The van der Waals surface area contributed by atoms with Crippen molar-refractivity contribution in [2.75, 3.05) is 13.7 Å². The van der Waals surface area contributed by atoms with Crippen LogP contribution in [0.5, 0.6) is 5.75 Å². The van der Waals surface area contributed by atoms with Gasteiger partial charge in [0.05, 0.1) is 6.21 Å². The Balaban J connectivity index is 2.82. The summed E-state index contributed by atoms with van der Waals surface area (Å²) in [5, 5.41) is 6.66. The zero-order chi connectivity index (χ0) is 13.4. The third-order valence-corrected chi connectivity index (χ3v) is 2.18. The second kappa shape index (κ2) is 7.55. The molecule has 1 N–H and O–H groups in total. The van der Waals surface area contributed by atoms with E-state index < -0.39 is 6.09 Å². The van der Waals surface area contributed by atoms with Crippen LogP contribution in [0.2, 0.25) is 5.02 Å². The van der Waals surface area contributed by atoms with Crippen LogP contribution in [0.15, 0.2) is 23.4 Å². The third kappa shape index (κ3) is 4.63. The van der Waals surface area contributed by atoms with Crippen LogP contribution in [-0.2, 0) is 4.84 Å². The Kier molecular flexibility index (Phi) is 6.00. The maximum atomic E-state index is 11.2. The average molecular weight is 271 g/mol. The molecule has 0 aliphatic carbocycles. The minimum atomic E-state index is -0.554. The average Bonchev–Trinajstić information content (AvgIpc) is 2.37. The number of hydrogen-bond acceptors (Lipinski definition) is 4. The summed E-state index contributed by atoms with van der Waals surface area (Å²) in [5.74, 6) is 0.364. The lowest BCUT2D eigenvalue weighted by molar-refractivity contribution is 0.146. The Bertz CT molecular complexity index is 435. The fraction of sp³-hybridized carbons (Fsp3) is 0.333. The van der Waals surface area contributed by atoms with E-state index in [2.05, 4.69) is 10.5 Å². The van der Waals surface area contributed by atoms with Gasteiger partial charge in [0.15, 0.2) is 0 Å². The molecule has 0 saturated heterocycles. The first-order chi connectivity index (χ1) is 8.67. The number of amides is 1. The van der Waals surface area contributed by atoms with Crippen molar-refractivity contribution in [1.82, 2.24) is 5.32 Å². The number of hydrogen-bond donors (Lipinski definition) is 1. The molecule has 18 heavy (non-hydrogen) atoms. The van der Waals surface area contributed by atoms with E-state index in [1.165, 1.54) is 13.3 Å². The van der Waals surface area contributed by atoms with Gasteiger partial charge in [0.25, 0.3) is 0 Å². The van der Waals surface area contributed by atoms with Gasteiger partial charge in [0, 0.05) is 17.6 Å². The van der Waals surface area contributed by atoms with E-state index in [1.807, 2.05) is 6.92 Å². The van der Waals surface area contributed by atoms with Gasteiger partial charge in [-0.25, -0.2) is 4.79 Å². The topological polar surface area (TPSA) is 59.9 Å². The predicted octanol–water partition coefficient (Wildman–Crippen LogP) is 2.82. The minimum absolute atomic E-state index is 0.364. The molecular formula is C12H15ClN2O3. The number of halogens is 1. The van der Waals surface area contributed by atoms with Crippen molar-refractivity contribution in [3.05, 3.63) is 28.8 Å². The number of carbonyl (C=O) groups is 1. The molecule has 0 unspecified atom stereocenters. The van der Waals surface area contributed by atoms with Crippen molar-refractivity contribution in [3.63, 3.8) is 0 Å². The first-order valence-electron chi connectivity index (χ1n) is 5.51. The highest BCUT2D eigenvalue weighted by Gasteiger charge is 2.07. The number of benzene rings is 1. The van der Waals surface area contributed by atoms with Crippen LogP contribution in [0.25, 0.3) is 0 Å². The maximum Gasteiger partial charge on any atom is 0.412 e. The molecule has 0 atom stereocenters. The Morgan fingerprint density at radius 1 is 1.56 bits per heavy atom. The van der Waals surface area contributed by atoms with Crippen molar-refractivity contribution in [2.45, 2.75) is 13.3 Å². The molecule has 1 rings (SSSR count). The Hall–Kier alpha value is -1.75. The van der Waals surface area contributed by atoms with Gasteiger partial charge >= 0.3 is 6.09 Å². The highest BCUT2D eigenvalue weighted by molar-refractivity contribution is 6.30.